The predicted molar refractivity (Wildman–Crippen MR) is 109 cm³/mol. The molecule has 0 N–H and O–H groups in total. The van der Waals surface area contributed by atoms with Crippen molar-refractivity contribution in [2.75, 3.05) is 0 Å². The summed E-state index contributed by atoms with van der Waals surface area (Å²) in [7, 11) is 0. The zero-order valence-corrected chi connectivity index (χ0v) is 16.8. The molecular formula is C22H27ClN2O. The van der Waals surface area contributed by atoms with Gasteiger partial charge in [-0.3, -0.25) is 4.98 Å². The molecule has 3 aromatic rings. The maximum atomic E-state index is 6.13. The summed E-state index contributed by atoms with van der Waals surface area (Å²) in [6, 6.07) is 8.46. The Morgan fingerprint density at radius 3 is 2.58 bits per heavy atom. The first-order chi connectivity index (χ1) is 12.0. The van der Waals surface area contributed by atoms with E-state index >= 15 is 0 Å². The van der Waals surface area contributed by atoms with Gasteiger partial charge in [0.15, 0.2) is 0 Å². The Morgan fingerprint density at radius 1 is 1.12 bits per heavy atom. The molecule has 0 spiro atoms. The van der Waals surface area contributed by atoms with Crippen molar-refractivity contribution in [2.45, 2.75) is 53.7 Å². The van der Waals surface area contributed by atoms with E-state index in [-0.39, 0.29) is 12.4 Å². The van der Waals surface area contributed by atoms with E-state index in [0.29, 0.717) is 6.61 Å². The van der Waals surface area contributed by atoms with Crippen molar-refractivity contribution in [1.29, 1.82) is 0 Å². The largest absolute Gasteiger partial charge is 0.487 e. The first-order valence-corrected chi connectivity index (χ1v) is 9.18. The minimum Gasteiger partial charge on any atom is -0.487 e. The second kappa shape index (κ2) is 7.32. The van der Waals surface area contributed by atoms with Crippen LogP contribution in [-0.4, -0.2) is 9.55 Å². The standard InChI is InChI=1S/C22H26N2O.ClH/c1-14-5-8-21(15(2)11-14)25-13-20-22-19(9-10-23-20)16(3)17(4)24(22)12-18-6-7-18;/h5,8-11,18H,6-7,12-13H2,1-4H3;1H. The number of pyridine rings is 1. The van der Waals surface area contributed by atoms with Gasteiger partial charge in [-0.25, -0.2) is 0 Å². The summed E-state index contributed by atoms with van der Waals surface area (Å²) in [5, 5.41) is 1.31. The highest BCUT2D eigenvalue weighted by molar-refractivity contribution is 5.87. The van der Waals surface area contributed by atoms with E-state index in [9.17, 15) is 0 Å². The molecular weight excluding hydrogens is 344 g/mol. The molecule has 3 nitrogen and oxygen atoms in total. The summed E-state index contributed by atoms with van der Waals surface area (Å²) < 4.78 is 8.60. The van der Waals surface area contributed by atoms with Gasteiger partial charge in [0.1, 0.15) is 18.1 Å². The highest BCUT2D eigenvalue weighted by Gasteiger charge is 2.25. The predicted octanol–water partition coefficient (Wildman–Crippen LogP) is 5.68. The van der Waals surface area contributed by atoms with Crippen LogP contribution < -0.4 is 4.74 Å². The Bertz CT molecular complexity index is 941. The van der Waals surface area contributed by atoms with Crippen LogP contribution in [0, 0.1) is 33.6 Å². The fourth-order valence-electron chi connectivity index (χ4n) is 3.67. The average Bonchev–Trinajstić information content (AvgIpc) is 3.38. The molecule has 4 rings (SSSR count). The summed E-state index contributed by atoms with van der Waals surface area (Å²) in [4.78, 5) is 4.67. The van der Waals surface area contributed by atoms with Crippen LogP contribution in [0.3, 0.4) is 0 Å². The van der Waals surface area contributed by atoms with Crippen LogP contribution in [0.25, 0.3) is 10.9 Å². The van der Waals surface area contributed by atoms with E-state index in [2.05, 4.69) is 61.5 Å². The zero-order chi connectivity index (χ0) is 17.6. The Kier molecular flexibility index (Phi) is 5.29. The first-order valence-electron chi connectivity index (χ1n) is 9.18. The minimum absolute atomic E-state index is 0. The van der Waals surface area contributed by atoms with Crippen molar-refractivity contribution in [3.63, 3.8) is 0 Å². The molecule has 0 saturated heterocycles. The van der Waals surface area contributed by atoms with E-state index in [1.165, 1.54) is 46.1 Å². The summed E-state index contributed by atoms with van der Waals surface area (Å²) in [5.74, 6) is 1.78. The van der Waals surface area contributed by atoms with Gasteiger partial charge in [0, 0.05) is 23.8 Å². The summed E-state index contributed by atoms with van der Waals surface area (Å²) >= 11 is 0. The van der Waals surface area contributed by atoms with Crippen molar-refractivity contribution < 1.29 is 4.74 Å². The van der Waals surface area contributed by atoms with Gasteiger partial charge in [-0.2, -0.15) is 0 Å². The molecule has 0 amide bonds. The molecule has 1 aromatic carbocycles. The first kappa shape index (κ1) is 18.8. The van der Waals surface area contributed by atoms with E-state index in [4.69, 9.17) is 4.74 Å². The van der Waals surface area contributed by atoms with Crippen LogP contribution in [0.5, 0.6) is 5.75 Å². The van der Waals surface area contributed by atoms with E-state index < -0.39 is 0 Å². The number of aryl methyl sites for hydroxylation is 3. The lowest BCUT2D eigenvalue weighted by Gasteiger charge is -2.13. The van der Waals surface area contributed by atoms with Gasteiger partial charge in [-0.1, -0.05) is 17.7 Å². The maximum Gasteiger partial charge on any atom is 0.132 e. The third-order valence-electron chi connectivity index (χ3n) is 5.45. The van der Waals surface area contributed by atoms with Gasteiger partial charge in [-0.15, -0.1) is 12.4 Å². The number of benzene rings is 1. The van der Waals surface area contributed by atoms with Crippen LogP contribution >= 0.6 is 12.4 Å². The zero-order valence-electron chi connectivity index (χ0n) is 16.0. The number of hydrogen-bond donors (Lipinski definition) is 0. The van der Waals surface area contributed by atoms with Crippen LogP contribution in [0.2, 0.25) is 0 Å². The van der Waals surface area contributed by atoms with Crippen molar-refractivity contribution in [2.24, 2.45) is 5.92 Å². The molecule has 0 aliphatic heterocycles. The van der Waals surface area contributed by atoms with Gasteiger partial charge in [0.2, 0.25) is 0 Å². The number of aromatic nitrogens is 2. The number of hydrogen-bond acceptors (Lipinski definition) is 2. The van der Waals surface area contributed by atoms with Crippen LogP contribution in [0.4, 0.5) is 0 Å². The van der Waals surface area contributed by atoms with Crippen LogP contribution in [0.15, 0.2) is 30.5 Å². The lowest BCUT2D eigenvalue weighted by atomic mass is 10.1. The monoisotopic (exact) mass is 370 g/mol. The number of halogens is 1. The molecule has 26 heavy (non-hydrogen) atoms. The molecule has 0 bridgehead atoms. The van der Waals surface area contributed by atoms with Crippen molar-refractivity contribution in [1.82, 2.24) is 9.55 Å². The van der Waals surface area contributed by atoms with E-state index in [0.717, 1.165) is 23.9 Å². The molecule has 1 saturated carbocycles. The molecule has 4 heteroatoms. The molecule has 2 aromatic heterocycles. The molecule has 0 unspecified atom stereocenters. The Labute approximate surface area is 161 Å². The topological polar surface area (TPSA) is 27.1 Å². The average molecular weight is 371 g/mol. The molecule has 1 aliphatic rings. The van der Waals surface area contributed by atoms with E-state index in [1.54, 1.807) is 0 Å². The highest BCUT2D eigenvalue weighted by Crippen LogP contribution is 2.35. The second-order valence-corrected chi connectivity index (χ2v) is 7.48. The quantitative estimate of drug-likeness (QED) is 0.577. The number of fused-ring (bicyclic) bond motifs is 1. The third kappa shape index (κ3) is 3.45. The molecule has 2 heterocycles. The normalized spacial score (nSPS) is 13.7. The Morgan fingerprint density at radius 2 is 1.88 bits per heavy atom. The molecule has 0 radical (unpaired) electrons. The molecule has 138 valence electrons. The summed E-state index contributed by atoms with van der Waals surface area (Å²) in [5.41, 5.74) is 7.46. The maximum absolute atomic E-state index is 6.13. The Balaban J connectivity index is 0.00000196. The van der Waals surface area contributed by atoms with Crippen molar-refractivity contribution >= 4 is 23.3 Å². The lowest BCUT2D eigenvalue weighted by Crippen LogP contribution is -2.07. The SMILES string of the molecule is Cc1ccc(OCc2nccc3c(C)c(C)n(CC4CC4)c23)c(C)c1.Cl. The number of rotatable bonds is 5. The Hall–Kier alpha value is -2.00. The fourth-order valence-corrected chi connectivity index (χ4v) is 3.67. The molecule has 1 aliphatic carbocycles. The number of nitrogens with zero attached hydrogens (tertiary/aromatic N) is 2. The molecule has 1 fully saturated rings. The van der Waals surface area contributed by atoms with Gasteiger partial charge in [0.25, 0.3) is 0 Å². The van der Waals surface area contributed by atoms with Gasteiger partial charge in [-0.05, 0) is 69.7 Å². The van der Waals surface area contributed by atoms with Crippen LogP contribution in [0.1, 0.15) is 40.9 Å². The van der Waals surface area contributed by atoms with Gasteiger partial charge < -0.3 is 9.30 Å². The van der Waals surface area contributed by atoms with E-state index in [1.807, 2.05) is 6.20 Å². The van der Waals surface area contributed by atoms with Gasteiger partial charge >= 0.3 is 0 Å². The van der Waals surface area contributed by atoms with Crippen molar-refractivity contribution in [3.05, 3.63) is 58.5 Å². The third-order valence-corrected chi connectivity index (χ3v) is 5.45. The molecule has 0 atom stereocenters. The lowest BCUT2D eigenvalue weighted by molar-refractivity contribution is 0.300. The summed E-state index contributed by atoms with van der Waals surface area (Å²) in [6.07, 6.45) is 4.62. The highest BCUT2D eigenvalue weighted by atomic mass is 35.5. The van der Waals surface area contributed by atoms with Crippen LogP contribution in [-0.2, 0) is 13.2 Å². The van der Waals surface area contributed by atoms with Crippen molar-refractivity contribution in [3.8, 4) is 5.75 Å². The fraction of sp³-hybridized carbons (Fsp3) is 0.409. The minimum atomic E-state index is 0. The summed E-state index contributed by atoms with van der Waals surface area (Å²) in [6.45, 7) is 10.3. The van der Waals surface area contributed by atoms with Gasteiger partial charge in [0.05, 0.1) is 5.52 Å². The smallest absolute Gasteiger partial charge is 0.132 e. The number of ether oxygens (including phenoxy) is 1. The second-order valence-electron chi connectivity index (χ2n) is 7.48.